The van der Waals surface area contributed by atoms with Gasteiger partial charge in [0.25, 0.3) is 0 Å². The molecule has 5 nitrogen and oxygen atoms in total. The summed E-state index contributed by atoms with van der Waals surface area (Å²) < 4.78 is 4.86. The van der Waals surface area contributed by atoms with Crippen LogP contribution in [0.15, 0.2) is 176 Å². The van der Waals surface area contributed by atoms with Gasteiger partial charge < -0.3 is 0 Å². The standard InChI is InChI=1S/C48H29N5S/c1-3-13-30(14-4-1)32-21-23-41-36(27-32)45-46(53(41)43-29-40(38-19-9-11-25-49-38)51-48(52-43)39-20-10-12-26-50-39)35-18-8-7-17-34(35)44-37-28-33(31-15-5-2-6-16-31)22-24-42(37)54-47(44)45/h1-29H. The number of benzene rings is 6. The lowest BCUT2D eigenvalue weighted by Gasteiger charge is -2.13. The molecular weight excluding hydrogens is 679 g/mol. The Morgan fingerprint density at radius 1 is 0.426 bits per heavy atom. The van der Waals surface area contributed by atoms with Crippen LogP contribution in [0.5, 0.6) is 0 Å². The maximum atomic E-state index is 5.29. The van der Waals surface area contributed by atoms with Gasteiger partial charge in [0.1, 0.15) is 11.5 Å². The van der Waals surface area contributed by atoms with E-state index in [0.29, 0.717) is 11.5 Å². The molecule has 6 heteroatoms. The first-order chi connectivity index (χ1) is 26.8. The summed E-state index contributed by atoms with van der Waals surface area (Å²) in [6.07, 6.45) is 3.59. The van der Waals surface area contributed by atoms with E-state index >= 15 is 0 Å². The average molecular weight is 708 g/mol. The van der Waals surface area contributed by atoms with Gasteiger partial charge in [0, 0.05) is 54.8 Å². The van der Waals surface area contributed by atoms with Crippen LogP contribution in [-0.4, -0.2) is 24.5 Å². The van der Waals surface area contributed by atoms with E-state index in [4.69, 9.17) is 15.0 Å². The highest BCUT2D eigenvalue weighted by Crippen LogP contribution is 2.49. The molecule has 0 radical (unpaired) electrons. The summed E-state index contributed by atoms with van der Waals surface area (Å²) in [5.41, 5.74) is 9.17. The van der Waals surface area contributed by atoms with Crippen molar-refractivity contribution in [3.8, 4) is 51.0 Å². The maximum absolute atomic E-state index is 5.29. The van der Waals surface area contributed by atoms with Gasteiger partial charge in [-0.15, -0.1) is 11.3 Å². The monoisotopic (exact) mass is 707 g/mol. The highest BCUT2D eigenvalue weighted by atomic mass is 32.1. The Kier molecular flexibility index (Phi) is 6.97. The number of fused-ring (bicyclic) bond motifs is 10. The Labute approximate surface area is 314 Å². The van der Waals surface area contributed by atoms with Crippen molar-refractivity contribution in [1.29, 1.82) is 0 Å². The van der Waals surface area contributed by atoms with E-state index in [0.717, 1.165) is 28.2 Å². The fourth-order valence-corrected chi connectivity index (χ4v) is 9.14. The smallest absolute Gasteiger partial charge is 0.180 e. The van der Waals surface area contributed by atoms with Crippen molar-refractivity contribution in [2.75, 3.05) is 0 Å². The van der Waals surface area contributed by atoms with Crippen LogP contribution in [0.1, 0.15) is 0 Å². The van der Waals surface area contributed by atoms with Crippen LogP contribution >= 0.6 is 11.3 Å². The van der Waals surface area contributed by atoms with Gasteiger partial charge in [0.15, 0.2) is 5.82 Å². The lowest BCUT2D eigenvalue weighted by atomic mass is 9.97. The minimum absolute atomic E-state index is 0.547. The fourth-order valence-electron chi connectivity index (χ4n) is 7.89. The molecule has 54 heavy (non-hydrogen) atoms. The summed E-state index contributed by atoms with van der Waals surface area (Å²) in [5.74, 6) is 1.31. The first-order valence-electron chi connectivity index (χ1n) is 18.0. The van der Waals surface area contributed by atoms with E-state index in [1.807, 2.05) is 47.7 Å². The molecule has 5 aromatic heterocycles. The largest absolute Gasteiger partial charge is 0.293 e. The summed E-state index contributed by atoms with van der Waals surface area (Å²) in [7, 11) is 0. The summed E-state index contributed by atoms with van der Waals surface area (Å²) in [6.45, 7) is 0. The molecule has 0 aliphatic carbocycles. The molecule has 0 atom stereocenters. The van der Waals surface area contributed by atoms with E-state index in [-0.39, 0.29) is 0 Å². The third-order valence-corrected chi connectivity index (χ3v) is 11.5. The van der Waals surface area contributed by atoms with Crippen molar-refractivity contribution >= 4 is 64.1 Å². The third kappa shape index (κ3) is 4.85. The molecule has 0 N–H and O–H groups in total. The first kappa shape index (κ1) is 30.6. The third-order valence-electron chi connectivity index (χ3n) is 10.3. The Balaban J connectivity index is 1.31. The van der Waals surface area contributed by atoms with Gasteiger partial charge in [-0.25, -0.2) is 9.97 Å². The van der Waals surface area contributed by atoms with Gasteiger partial charge in [-0.1, -0.05) is 109 Å². The van der Waals surface area contributed by atoms with Crippen LogP contribution in [0.2, 0.25) is 0 Å². The molecular formula is C48H29N5S. The molecule has 0 aliphatic rings. The van der Waals surface area contributed by atoms with Crippen LogP contribution in [-0.2, 0) is 0 Å². The minimum Gasteiger partial charge on any atom is -0.293 e. The topological polar surface area (TPSA) is 56.5 Å². The number of aromatic nitrogens is 5. The summed E-state index contributed by atoms with van der Waals surface area (Å²) >= 11 is 1.87. The zero-order valence-corrected chi connectivity index (χ0v) is 29.7. The Hall–Kier alpha value is -7.02. The predicted molar refractivity (Wildman–Crippen MR) is 224 cm³/mol. The molecule has 0 fully saturated rings. The molecule has 0 unspecified atom stereocenters. The summed E-state index contributed by atoms with van der Waals surface area (Å²) in [4.78, 5) is 19.7. The SMILES string of the molecule is c1ccc(-c2ccc3sc4c(c3c2)c2ccccc2c2c4c3cc(-c4ccccc4)ccc3n2-c2cc(-c3ccccn3)nc(-c3ccccn3)n2)cc1. The van der Waals surface area contributed by atoms with Crippen LogP contribution in [0, 0.1) is 0 Å². The number of rotatable bonds is 5. The highest BCUT2D eigenvalue weighted by molar-refractivity contribution is 7.27. The van der Waals surface area contributed by atoms with Gasteiger partial charge in [-0.05, 0) is 76.2 Å². The predicted octanol–water partition coefficient (Wildman–Crippen LogP) is 12.6. The van der Waals surface area contributed by atoms with Crippen molar-refractivity contribution in [3.05, 3.63) is 176 Å². The minimum atomic E-state index is 0.547. The quantitative estimate of drug-likeness (QED) is 0.179. The molecule has 5 heterocycles. The maximum Gasteiger partial charge on any atom is 0.180 e. The number of hydrogen-bond donors (Lipinski definition) is 0. The van der Waals surface area contributed by atoms with E-state index in [9.17, 15) is 0 Å². The van der Waals surface area contributed by atoms with Crippen LogP contribution in [0.25, 0.3) is 104 Å². The molecule has 11 rings (SSSR count). The fraction of sp³-hybridized carbons (Fsp3) is 0. The van der Waals surface area contributed by atoms with Gasteiger partial charge in [-0.3, -0.25) is 14.5 Å². The molecule has 0 bridgehead atoms. The van der Waals surface area contributed by atoms with Gasteiger partial charge >= 0.3 is 0 Å². The second-order valence-electron chi connectivity index (χ2n) is 13.5. The summed E-state index contributed by atoms with van der Waals surface area (Å²) in [5, 5.41) is 7.33. The van der Waals surface area contributed by atoms with Crippen molar-refractivity contribution < 1.29 is 0 Å². The lowest BCUT2D eigenvalue weighted by Crippen LogP contribution is -2.03. The Bertz CT molecular complexity index is 3130. The van der Waals surface area contributed by atoms with E-state index in [1.54, 1.807) is 12.4 Å². The molecule has 0 saturated heterocycles. The molecule has 0 spiro atoms. The van der Waals surface area contributed by atoms with Crippen molar-refractivity contribution in [2.24, 2.45) is 0 Å². The first-order valence-corrected chi connectivity index (χ1v) is 18.8. The lowest BCUT2D eigenvalue weighted by molar-refractivity contribution is 1.04. The van der Waals surface area contributed by atoms with E-state index < -0.39 is 0 Å². The molecule has 252 valence electrons. The van der Waals surface area contributed by atoms with Gasteiger partial charge in [0.2, 0.25) is 0 Å². The molecule has 11 aromatic rings. The Morgan fingerprint density at radius 2 is 1.06 bits per heavy atom. The van der Waals surface area contributed by atoms with E-state index in [2.05, 4.69) is 137 Å². The average Bonchev–Trinajstić information content (AvgIpc) is 3.81. The second-order valence-corrected chi connectivity index (χ2v) is 14.5. The Morgan fingerprint density at radius 3 is 1.76 bits per heavy atom. The van der Waals surface area contributed by atoms with Crippen molar-refractivity contribution in [3.63, 3.8) is 0 Å². The van der Waals surface area contributed by atoms with Gasteiger partial charge in [-0.2, -0.15) is 0 Å². The molecule has 0 saturated carbocycles. The van der Waals surface area contributed by atoms with Crippen LogP contribution < -0.4 is 0 Å². The van der Waals surface area contributed by atoms with Crippen molar-refractivity contribution in [2.45, 2.75) is 0 Å². The van der Waals surface area contributed by atoms with Crippen LogP contribution in [0.4, 0.5) is 0 Å². The number of pyridine rings is 2. The zero-order valence-electron chi connectivity index (χ0n) is 28.9. The van der Waals surface area contributed by atoms with Crippen molar-refractivity contribution in [1.82, 2.24) is 24.5 Å². The zero-order chi connectivity index (χ0) is 35.6. The second kappa shape index (κ2) is 12.3. The number of thiophene rings is 1. The highest BCUT2D eigenvalue weighted by Gasteiger charge is 2.24. The molecule has 6 aromatic carbocycles. The normalized spacial score (nSPS) is 11.7. The van der Waals surface area contributed by atoms with Crippen LogP contribution in [0.3, 0.4) is 0 Å². The molecule has 0 aliphatic heterocycles. The van der Waals surface area contributed by atoms with E-state index in [1.165, 1.54) is 64.0 Å². The van der Waals surface area contributed by atoms with Gasteiger partial charge in [0.05, 0.1) is 22.4 Å². The number of nitrogens with zero attached hydrogens (tertiary/aromatic N) is 5. The molecule has 0 amide bonds. The number of hydrogen-bond acceptors (Lipinski definition) is 5. The summed E-state index contributed by atoms with van der Waals surface area (Å²) in [6, 6.07) is 57.7.